The maximum Gasteiger partial charge on any atom is 0.170 e. The molecule has 120 valence electrons. The molecule has 2 aliphatic carbocycles. The van der Waals surface area contributed by atoms with Gasteiger partial charge in [0.15, 0.2) is 12.2 Å². The first-order chi connectivity index (χ1) is 10.0. The Bertz CT molecular complexity index is 404. The van der Waals surface area contributed by atoms with Crippen LogP contribution in [0.5, 0.6) is 0 Å². The van der Waals surface area contributed by atoms with Crippen LogP contribution < -0.4 is 0 Å². The van der Waals surface area contributed by atoms with Crippen molar-refractivity contribution in [1.29, 1.82) is 0 Å². The molecule has 0 aromatic carbocycles. The van der Waals surface area contributed by atoms with Crippen LogP contribution in [0.2, 0.25) is 0 Å². The van der Waals surface area contributed by atoms with E-state index in [-0.39, 0.29) is 0 Å². The van der Waals surface area contributed by atoms with Gasteiger partial charge >= 0.3 is 0 Å². The maximum absolute atomic E-state index is 6.48. The van der Waals surface area contributed by atoms with Crippen molar-refractivity contribution < 1.29 is 9.47 Å². The topological polar surface area (TPSA) is 22.0 Å². The summed E-state index contributed by atoms with van der Waals surface area (Å²) in [5, 5.41) is 0. The van der Waals surface area contributed by atoms with Crippen LogP contribution in [-0.4, -0.2) is 37.0 Å². The Labute approximate surface area is 155 Å². The summed E-state index contributed by atoms with van der Waals surface area (Å²) in [6.07, 6.45) is 8.90. The number of hydrogen-bond donors (Lipinski definition) is 0. The highest BCUT2D eigenvalue weighted by Gasteiger charge is 2.61. The molecule has 0 aromatic rings. The summed E-state index contributed by atoms with van der Waals surface area (Å²) >= 11 is 5.36. The Balaban J connectivity index is 1.64. The molecule has 2 aliphatic heterocycles. The molecule has 2 saturated heterocycles. The number of fused-ring (bicyclic) bond motifs is 5. The molecule has 2 nitrogen and oxygen atoms in total. The van der Waals surface area contributed by atoms with E-state index >= 15 is 0 Å². The van der Waals surface area contributed by atoms with Gasteiger partial charge in [0.2, 0.25) is 0 Å². The normalized spacial score (nSPS) is 60.0. The summed E-state index contributed by atoms with van der Waals surface area (Å²) in [4.78, 5) is 0. The molecule has 21 heavy (non-hydrogen) atoms. The number of aliphatic hydroxyl groups is 2. The van der Waals surface area contributed by atoms with E-state index in [9.17, 15) is 0 Å². The van der Waals surface area contributed by atoms with Crippen molar-refractivity contribution in [3.63, 3.8) is 0 Å². The van der Waals surface area contributed by atoms with Crippen molar-refractivity contribution in [3.8, 4) is 0 Å². The summed E-state index contributed by atoms with van der Waals surface area (Å²) in [6.45, 7) is 4.74. The van der Waals surface area contributed by atoms with Gasteiger partial charge in [-0.05, 0) is 44.4 Å². The number of rotatable bonds is 0. The fourth-order valence-electron chi connectivity index (χ4n) is 5.63. The van der Waals surface area contributed by atoms with E-state index in [2.05, 4.69) is 59.0 Å². The van der Waals surface area contributed by atoms with Crippen LogP contribution >= 0.6 is 45.2 Å². The Morgan fingerprint density at radius 3 is 2.62 bits per heavy atom. The van der Waals surface area contributed by atoms with Gasteiger partial charge in [0.25, 0.3) is 0 Å². The third-order valence-corrected chi connectivity index (χ3v) is 8.83. The van der Waals surface area contributed by atoms with Crippen molar-refractivity contribution in [2.45, 2.75) is 78.2 Å². The highest BCUT2D eigenvalue weighted by molar-refractivity contribution is 14.1. The third-order valence-electron chi connectivity index (χ3n) is 6.56. The van der Waals surface area contributed by atoms with Gasteiger partial charge in [0.1, 0.15) is 0 Å². The van der Waals surface area contributed by atoms with Gasteiger partial charge < -0.3 is 9.47 Å². The number of halogens is 2. The highest BCUT2D eigenvalue weighted by Crippen LogP contribution is 2.53. The van der Waals surface area contributed by atoms with E-state index in [1.54, 1.807) is 0 Å². The van der Waals surface area contributed by atoms with E-state index in [0.717, 1.165) is 31.5 Å². The zero-order valence-corrected chi connectivity index (χ0v) is 17.2. The van der Waals surface area contributed by atoms with E-state index in [0.29, 0.717) is 24.4 Å². The van der Waals surface area contributed by atoms with Crippen LogP contribution in [0.1, 0.15) is 46.0 Å². The Kier molecular flexibility index (Phi) is 4.56. The van der Waals surface area contributed by atoms with Crippen molar-refractivity contribution in [1.82, 2.24) is 0 Å². The summed E-state index contributed by atoms with van der Waals surface area (Å²) in [5.74, 6) is 3.15. The van der Waals surface area contributed by atoms with Gasteiger partial charge in [0.05, 0.1) is 22.1 Å². The molecule has 0 amide bonds. The van der Waals surface area contributed by atoms with Crippen LogP contribution in [0, 0.1) is 23.7 Å². The Hall–Kier alpha value is 1.38. The second-order valence-corrected chi connectivity index (χ2v) is 11.3. The highest BCUT2D eigenvalue weighted by atomic mass is 127. The van der Waals surface area contributed by atoms with Gasteiger partial charge in [-0.15, -0.1) is 0 Å². The third kappa shape index (κ3) is 2.72. The molecule has 0 radical (unpaired) electrons. The molecule has 10 atom stereocenters. The van der Waals surface area contributed by atoms with E-state index in [1.165, 1.54) is 32.1 Å². The van der Waals surface area contributed by atoms with Gasteiger partial charge in [-0.3, -0.25) is 0 Å². The monoisotopic (exact) mass is 517 g/mol. The largest absolute Gasteiger partial charge is 0.428 e. The smallest absolute Gasteiger partial charge is 0.170 e. The number of hydrogen-bond acceptors (Lipinski definition) is 1. The lowest BCUT2D eigenvalue weighted by Crippen LogP contribution is -2.42. The average molecular weight is 517 g/mol. The van der Waals surface area contributed by atoms with Gasteiger partial charge in [0, 0.05) is 16.3 Å². The summed E-state index contributed by atoms with van der Waals surface area (Å²) in [7, 11) is 0. The number of ether oxygens (including phenoxy) is 2. The molecule has 2 saturated carbocycles. The zero-order valence-electron chi connectivity index (χ0n) is 12.9. The lowest BCUT2D eigenvalue weighted by molar-refractivity contribution is -0.137. The van der Waals surface area contributed by atoms with E-state index in [1.807, 2.05) is 0 Å². The summed E-state index contributed by atoms with van der Waals surface area (Å²) in [6, 6.07) is 0. The number of alkyl halides is 2. The maximum atomic E-state index is 6.48. The summed E-state index contributed by atoms with van der Waals surface area (Å²) in [5.41, 5.74) is 0. The Morgan fingerprint density at radius 2 is 1.81 bits per heavy atom. The lowest BCUT2D eigenvalue weighted by atomic mass is 9.73. The molecular weight excluding hydrogens is 490 g/mol. The average Bonchev–Trinajstić information content (AvgIpc) is 2.93. The minimum absolute atomic E-state index is 0.467. The van der Waals surface area contributed by atoms with Crippen molar-refractivity contribution in [3.05, 3.63) is 0 Å². The molecule has 2 heterocycles. The fraction of sp³-hybridized carbons (Fsp3) is 1.00. The van der Waals surface area contributed by atoms with Gasteiger partial charge in [-0.1, -0.05) is 52.1 Å². The zero-order chi connectivity index (χ0) is 14.7. The molecule has 4 heteroatoms. The molecule has 0 spiro atoms. The molecule has 4 fully saturated rings. The van der Waals surface area contributed by atoms with Crippen LogP contribution in [0.15, 0.2) is 0 Å². The predicted molar refractivity (Wildman–Crippen MR) is 102 cm³/mol. The predicted octanol–water partition coefficient (Wildman–Crippen LogP) is 4.12. The molecule has 0 aromatic heterocycles. The first-order valence-corrected chi connectivity index (χ1v) is 11.2. The molecule has 4 rings (SSSR count). The van der Waals surface area contributed by atoms with Crippen LogP contribution in [0.3, 0.4) is 0 Å². The second kappa shape index (κ2) is 6.03. The van der Waals surface area contributed by atoms with E-state index < -0.39 is 0 Å². The minimum atomic E-state index is 0.467. The van der Waals surface area contributed by atoms with Crippen molar-refractivity contribution in [2.24, 2.45) is 23.7 Å². The van der Waals surface area contributed by atoms with E-state index in [4.69, 9.17) is 9.47 Å². The quantitative estimate of drug-likeness (QED) is 0.270. The first-order valence-electron chi connectivity index (χ1n) is 8.68. The fourth-order valence-corrected chi connectivity index (χ4v) is 9.07. The lowest BCUT2D eigenvalue weighted by Gasteiger charge is -2.34. The van der Waals surface area contributed by atoms with Crippen LogP contribution in [0.4, 0.5) is 0 Å². The van der Waals surface area contributed by atoms with Crippen molar-refractivity contribution in [2.75, 3.05) is 0 Å². The van der Waals surface area contributed by atoms with Crippen LogP contribution in [0.25, 0.3) is 0 Å². The van der Waals surface area contributed by atoms with Crippen LogP contribution in [-0.2, 0) is 4.74 Å². The molecule has 1 N–H and O–H groups in total. The SMILES string of the molecule is CC1CC2C(C)CCC3[OH+]C4C(I)CC(I)CC4C3C2O1. The molecular formula is C17H27I2O2+. The molecule has 10 unspecified atom stereocenters. The summed E-state index contributed by atoms with van der Waals surface area (Å²) < 4.78 is 13.4. The molecule has 0 bridgehead atoms. The minimum Gasteiger partial charge on any atom is -0.428 e. The Morgan fingerprint density at radius 1 is 1.00 bits per heavy atom. The van der Waals surface area contributed by atoms with Gasteiger partial charge in [-0.2, -0.15) is 0 Å². The van der Waals surface area contributed by atoms with Crippen molar-refractivity contribution >= 4 is 45.2 Å². The first kappa shape index (κ1) is 15.9. The second-order valence-electron chi connectivity index (χ2n) is 7.90. The molecule has 4 aliphatic rings. The van der Waals surface area contributed by atoms with Gasteiger partial charge in [-0.25, -0.2) is 0 Å². The standard InChI is InChI=1S/C17H26I2O2/c1-8-3-4-14-15(17-11(8)5-9(2)20-17)12-6-10(18)7-13(19)16(12)21-14/h8-17H,3-7H2,1-2H3/p+1.